The highest BCUT2D eigenvalue weighted by molar-refractivity contribution is 9.11. The molecule has 0 aliphatic heterocycles. The highest BCUT2D eigenvalue weighted by atomic mass is 79.9. The van der Waals surface area contributed by atoms with Crippen molar-refractivity contribution in [2.45, 2.75) is 20.8 Å². The quantitative estimate of drug-likeness (QED) is 0.319. The van der Waals surface area contributed by atoms with Crippen molar-refractivity contribution in [3.63, 3.8) is 0 Å². The van der Waals surface area contributed by atoms with E-state index in [4.69, 9.17) is 10.9 Å². The van der Waals surface area contributed by atoms with Crippen LogP contribution in [0.2, 0.25) is 0 Å². The van der Waals surface area contributed by atoms with E-state index >= 15 is 0 Å². The number of amides is 1. The third-order valence-corrected chi connectivity index (χ3v) is 3.99. The number of nitrogens with zero attached hydrogens (tertiary/aromatic N) is 1. The molecule has 0 aromatic heterocycles. The van der Waals surface area contributed by atoms with Crippen LogP contribution >= 0.6 is 31.9 Å². The summed E-state index contributed by atoms with van der Waals surface area (Å²) >= 11 is 6.78. The van der Waals surface area contributed by atoms with Crippen molar-refractivity contribution < 1.29 is 10.0 Å². The zero-order chi connectivity index (χ0) is 14.8. The number of aryl methyl sites for hydroxylation is 1. The number of carbonyl (C=O) groups is 1. The first-order valence-corrected chi connectivity index (χ1v) is 7.04. The number of hydrogen-bond acceptors (Lipinski definition) is 3. The Morgan fingerprint density at radius 1 is 1.37 bits per heavy atom. The molecule has 0 aliphatic rings. The fourth-order valence-electron chi connectivity index (χ4n) is 1.33. The van der Waals surface area contributed by atoms with Gasteiger partial charge in [0.25, 0.3) is 0 Å². The van der Waals surface area contributed by atoms with E-state index in [1.807, 2.05) is 19.1 Å². The first kappa shape index (κ1) is 16.0. The lowest BCUT2D eigenvalue weighted by molar-refractivity contribution is -0.121. The number of hydrogen-bond donors (Lipinski definition) is 3. The third-order valence-electron chi connectivity index (χ3n) is 2.74. The van der Waals surface area contributed by atoms with Crippen molar-refractivity contribution in [2.24, 2.45) is 16.3 Å². The Kier molecular flexibility index (Phi) is 4.98. The van der Waals surface area contributed by atoms with Gasteiger partial charge >= 0.3 is 0 Å². The highest BCUT2D eigenvalue weighted by Gasteiger charge is 2.33. The number of anilines is 1. The van der Waals surface area contributed by atoms with E-state index in [0.29, 0.717) is 5.69 Å². The van der Waals surface area contributed by atoms with Gasteiger partial charge in [-0.25, -0.2) is 0 Å². The maximum atomic E-state index is 12.2. The number of carbonyl (C=O) groups excluding carboxylic acids is 1. The van der Waals surface area contributed by atoms with E-state index in [2.05, 4.69) is 42.3 Å². The van der Waals surface area contributed by atoms with Crippen molar-refractivity contribution in [3.8, 4) is 0 Å². The maximum Gasteiger partial charge on any atom is 0.237 e. The lowest BCUT2D eigenvalue weighted by Crippen LogP contribution is -2.42. The molecule has 0 spiro atoms. The summed E-state index contributed by atoms with van der Waals surface area (Å²) < 4.78 is 1.51. The van der Waals surface area contributed by atoms with Crippen LogP contribution in [0.3, 0.4) is 0 Å². The van der Waals surface area contributed by atoms with Gasteiger partial charge in [0.1, 0.15) is 5.41 Å². The van der Waals surface area contributed by atoms with Gasteiger partial charge in [-0.2, -0.15) is 0 Å². The Morgan fingerprint density at radius 2 is 1.84 bits per heavy atom. The Morgan fingerprint density at radius 3 is 2.26 bits per heavy atom. The molecular weight excluding hydrogens is 378 g/mol. The zero-order valence-corrected chi connectivity index (χ0v) is 14.0. The van der Waals surface area contributed by atoms with E-state index in [0.717, 1.165) is 14.5 Å². The van der Waals surface area contributed by atoms with Crippen LogP contribution in [0.1, 0.15) is 19.4 Å². The summed E-state index contributed by atoms with van der Waals surface area (Å²) in [5.74, 6) is -0.516. The van der Waals surface area contributed by atoms with E-state index < -0.39 is 5.41 Å². The Hall–Kier alpha value is -1.08. The molecule has 19 heavy (non-hydrogen) atoms. The molecule has 0 atom stereocenters. The molecular formula is C12H15Br2N3O2. The SMILES string of the molecule is Cc1cc(Br)c(NC(=O)C(C)(C)C(N)=NO)c(Br)c1. The third kappa shape index (κ3) is 3.48. The number of benzene rings is 1. The van der Waals surface area contributed by atoms with Gasteiger partial charge in [0, 0.05) is 8.95 Å². The molecule has 7 heteroatoms. The second-order valence-electron chi connectivity index (χ2n) is 4.67. The standard InChI is InChI=1S/C12H15Br2N3O2/c1-6-4-7(13)9(8(14)5-6)16-11(18)12(2,3)10(15)17-19/h4-5,19H,1-3H3,(H2,15,17)(H,16,18). The molecule has 0 bridgehead atoms. The average Bonchev–Trinajstić information content (AvgIpc) is 2.31. The minimum atomic E-state index is -1.11. The number of rotatable bonds is 3. The van der Waals surface area contributed by atoms with Gasteiger partial charge in [0.15, 0.2) is 5.84 Å². The van der Waals surface area contributed by atoms with Gasteiger partial charge in [-0.15, -0.1) is 0 Å². The van der Waals surface area contributed by atoms with Crippen LogP contribution in [0.5, 0.6) is 0 Å². The lowest BCUT2D eigenvalue weighted by atomic mass is 9.91. The van der Waals surface area contributed by atoms with Crippen LogP contribution in [0.25, 0.3) is 0 Å². The van der Waals surface area contributed by atoms with Gasteiger partial charge < -0.3 is 16.3 Å². The van der Waals surface area contributed by atoms with Crippen molar-refractivity contribution in [2.75, 3.05) is 5.32 Å². The molecule has 0 aliphatic carbocycles. The lowest BCUT2D eigenvalue weighted by Gasteiger charge is -2.22. The second kappa shape index (κ2) is 5.92. The maximum absolute atomic E-state index is 12.2. The van der Waals surface area contributed by atoms with E-state index in [1.54, 1.807) is 13.8 Å². The van der Waals surface area contributed by atoms with Gasteiger partial charge in [-0.3, -0.25) is 4.79 Å². The van der Waals surface area contributed by atoms with Gasteiger partial charge in [0.05, 0.1) is 5.69 Å². The Balaban J connectivity index is 3.08. The van der Waals surface area contributed by atoms with Gasteiger partial charge in [0.2, 0.25) is 5.91 Å². The predicted octanol–water partition coefficient (Wildman–Crippen LogP) is 3.23. The largest absolute Gasteiger partial charge is 0.409 e. The minimum Gasteiger partial charge on any atom is -0.409 e. The number of amidine groups is 1. The number of nitrogens with one attached hydrogen (secondary N) is 1. The monoisotopic (exact) mass is 391 g/mol. The van der Waals surface area contributed by atoms with Crippen LogP contribution in [-0.4, -0.2) is 17.0 Å². The molecule has 4 N–H and O–H groups in total. The highest BCUT2D eigenvalue weighted by Crippen LogP contribution is 2.33. The van der Waals surface area contributed by atoms with E-state index in [1.165, 1.54) is 0 Å². The summed E-state index contributed by atoms with van der Waals surface area (Å²) in [7, 11) is 0. The van der Waals surface area contributed by atoms with E-state index in [-0.39, 0.29) is 11.7 Å². The fourth-order valence-corrected chi connectivity index (χ4v) is 2.94. The summed E-state index contributed by atoms with van der Waals surface area (Å²) in [5.41, 5.74) is 6.06. The molecule has 104 valence electrons. The zero-order valence-electron chi connectivity index (χ0n) is 10.8. The number of oxime groups is 1. The average molecular weight is 393 g/mol. The second-order valence-corrected chi connectivity index (χ2v) is 6.38. The topological polar surface area (TPSA) is 87.7 Å². The van der Waals surface area contributed by atoms with Crippen molar-refractivity contribution in [1.82, 2.24) is 0 Å². The molecule has 1 rings (SSSR count). The Bertz CT molecular complexity index is 519. The number of nitrogens with two attached hydrogens (primary N) is 1. The molecule has 0 saturated heterocycles. The molecule has 0 unspecified atom stereocenters. The molecule has 1 aromatic rings. The molecule has 5 nitrogen and oxygen atoms in total. The number of halogens is 2. The summed E-state index contributed by atoms with van der Waals surface area (Å²) in [4.78, 5) is 12.2. The first-order chi connectivity index (χ1) is 8.70. The van der Waals surface area contributed by atoms with Crippen LogP contribution < -0.4 is 11.1 Å². The van der Waals surface area contributed by atoms with Crippen molar-refractivity contribution in [3.05, 3.63) is 26.6 Å². The summed E-state index contributed by atoms with van der Waals surface area (Å²) in [6.45, 7) is 5.10. The molecule has 0 saturated carbocycles. The fraction of sp³-hybridized carbons (Fsp3) is 0.333. The predicted molar refractivity (Wildman–Crippen MR) is 82.4 cm³/mol. The molecule has 0 radical (unpaired) electrons. The van der Waals surface area contributed by atoms with Crippen molar-refractivity contribution in [1.29, 1.82) is 0 Å². The summed E-state index contributed by atoms with van der Waals surface area (Å²) in [6.07, 6.45) is 0. The molecule has 1 amide bonds. The Labute approximate surface area is 128 Å². The normalized spacial score (nSPS) is 12.4. The van der Waals surface area contributed by atoms with Gasteiger partial charge in [-0.1, -0.05) is 5.16 Å². The molecule has 0 heterocycles. The van der Waals surface area contributed by atoms with Crippen molar-refractivity contribution >= 4 is 49.3 Å². The smallest absolute Gasteiger partial charge is 0.237 e. The van der Waals surface area contributed by atoms with E-state index in [9.17, 15) is 4.79 Å². The van der Waals surface area contributed by atoms with Crippen LogP contribution in [0.15, 0.2) is 26.2 Å². The molecule has 1 aromatic carbocycles. The van der Waals surface area contributed by atoms with Crippen LogP contribution in [-0.2, 0) is 4.79 Å². The van der Waals surface area contributed by atoms with Crippen LogP contribution in [0, 0.1) is 12.3 Å². The van der Waals surface area contributed by atoms with Crippen LogP contribution in [0.4, 0.5) is 5.69 Å². The summed E-state index contributed by atoms with van der Waals surface area (Å²) in [5, 5.41) is 14.3. The summed E-state index contributed by atoms with van der Waals surface area (Å²) in [6, 6.07) is 3.77. The minimum absolute atomic E-state index is 0.149. The first-order valence-electron chi connectivity index (χ1n) is 5.45. The van der Waals surface area contributed by atoms with Gasteiger partial charge in [-0.05, 0) is 70.3 Å². The molecule has 0 fully saturated rings.